The van der Waals surface area contributed by atoms with Crippen molar-refractivity contribution < 1.29 is 8.42 Å². The lowest BCUT2D eigenvalue weighted by Gasteiger charge is -2.17. The normalized spacial score (nSPS) is 12.0. The number of unbranched alkanes of at least 4 members (excludes halogenated alkanes) is 2. The Balaban J connectivity index is 2.66. The van der Waals surface area contributed by atoms with Crippen LogP contribution in [0.2, 0.25) is 0 Å². The van der Waals surface area contributed by atoms with E-state index in [2.05, 4.69) is 12.2 Å². The van der Waals surface area contributed by atoms with Gasteiger partial charge in [0.1, 0.15) is 0 Å². The summed E-state index contributed by atoms with van der Waals surface area (Å²) in [4.78, 5) is 0.388. The van der Waals surface area contributed by atoms with Crippen molar-refractivity contribution >= 4 is 10.0 Å². The molecule has 0 radical (unpaired) electrons. The van der Waals surface area contributed by atoms with Gasteiger partial charge >= 0.3 is 0 Å². The lowest BCUT2D eigenvalue weighted by Crippen LogP contribution is -2.28. The molecule has 1 N–H and O–H groups in total. The van der Waals surface area contributed by atoms with Crippen molar-refractivity contribution in [1.82, 2.24) is 9.62 Å². The van der Waals surface area contributed by atoms with Crippen molar-refractivity contribution in [3.8, 4) is 0 Å². The van der Waals surface area contributed by atoms with Gasteiger partial charge in [-0.1, -0.05) is 31.9 Å². The number of sulfonamides is 1. The predicted molar refractivity (Wildman–Crippen MR) is 88.0 cm³/mol. The summed E-state index contributed by atoms with van der Waals surface area (Å²) in [6, 6.07) is 7.28. The third kappa shape index (κ3) is 5.77. The summed E-state index contributed by atoms with van der Waals surface area (Å²) < 4.78 is 26.3. The average molecular weight is 312 g/mol. The first-order valence-electron chi connectivity index (χ1n) is 7.72. The van der Waals surface area contributed by atoms with Crippen LogP contribution >= 0.6 is 0 Å². The molecule has 4 nitrogen and oxygen atoms in total. The quantitative estimate of drug-likeness (QED) is 0.676. The Hall–Kier alpha value is -0.910. The van der Waals surface area contributed by atoms with Gasteiger partial charge in [-0.3, -0.25) is 0 Å². The Morgan fingerprint density at radius 3 is 2.33 bits per heavy atom. The first kappa shape index (κ1) is 18.1. The molecular weight excluding hydrogens is 284 g/mol. The summed E-state index contributed by atoms with van der Waals surface area (Å²) in [5.74, 6) is 0. The molecule has 0 saturated carbocycles. The van der Waals surface area contributed by atoms with Gasteiger partial charge in [-0.05, 0) is 50.6 Å². The zero-order chi connectivity index (χ0) is 15.7. The van der Waals surface area contributed by atoms with Gasteiger partial charge in [-0.25, -0.2) is 12.7 Å². The third-order valence-corrected chi connectivity index (χ3v) is 5.47. The fraction of sp³-hybridized carbons (Fsp3) is 0.625. The molecule has 0 aliphatic rings. The first-order valence-corrected chi connectivity index (χ1v) is 9.16. The van der Waals surface area contributed by atoms with Gasteiger partial charge in [0, 0.05) is 13.6 Å². The van der Waals surface area contributed by atoms with Crippen molar-refractivity contribution in [2.45, 2.75) is 43.9 Å². The Morgan fingerprint density at radius 2 is 1.76 bits per heavy atom. The Bertz CT molecular complexity index is 498. The molecule has 0 aromatic heterocycles. The molecule has 0 unspecified atom stereocenters. The van der Waals surface area contributed by atoms with Gasteiger partial charge < -0.3 is 5.32 Å². The molecule has 1 rings (SSSR count). The minimum atomic E-state index is -3.34. The molecule has 0 fully saturated rings. The average Bonchev–Trinajstić information content (AvgIpc) is 2.48. The minimum Gasteiger partial charge on any atom is -0.320 e. The van der Waals surface area contributed by atoms with Crippen molar-refractivity contribution in [3.63, 3.8) is 0 Å². The van der Waals surface area contributed by atoms with Gasteiger partial charge in [-0.2, -0.15) is 0 Å². The largest absolute Gasteiger partial charge is 0.320 e. The van der Waals surface area contributed by atoms with Crippen LogP contribution in [0.1, 0.15) is 38.2 Å². The number of rotatable bonds is 10. The van der Waals surface area contributed by atoms with E-state index in [1.807, 2.05) is 19.2 Å². The summed E-state index contributed by atoms with van der Waals surface area (Å²) in [6.45, 7) is 3.67. The standard InChI is InChI=1S/C16H28N2O2S/c1-4-5-6-14-18(3)21(19,20)16-11-9-15(10-12-16)8-7-13-17-2/h9-12,17H,4-8,13-14H2,1-3H3. The van der Waals surface area contributed by atoms with E-state index in [4.69, 9.17) is 0 Å². The van der Waals surface area contributed by atoms with Crippen LogP contribution in [0.25, 0.3) is 0 Å². The van der Waals surface area contributed by atoms with E-state index in [1.165, 1.54) is 9.87 Å². The summed E-state index contributed by atoms with van der Waals surface area (Å²) in [5, 5.41) is 3.11. The number of hydrogen-bond donors (Lipinski definition) is 1. The second-order valence-electron chi connectivity index (χ2n) is 5.38. The van der Waals surface area contributed by atoms with E-state index in [1.54, 1.807) is 19.2 Å². The highest BCUT2D eigenvalue weighted by atomic mass is 32.2. The number of nitrogens with zero attached hydrogens (tertiary/aromatic N) is 1. The molecule has 1 aromatic carbocycles. The number of hydrogen-bond acceptors (Lipinski definition) is 3. The molecule has 0 spiro atoms. The second kappa shape index (κ2) is 9.18. The molecule has 0 atom stereocenters. The summed E-state index contributed by atoms with van der Waals surface area (Å²) in [6.07, 6.45) is 5.08. The maximum Gasteiger partial charge on any atom is 0.242 e. The van der Waals surface area contributed by atoms with E-state index >= 15 is 0 Å². The SMILES string of the molecule is CCCCCN(C)S(=O)(=O)c1ccc(CCCNC)cc1. The van der Waals surface area contributed by atoms with Crippen molar-refractivity contribution in [1.29, 1.82) is 0 Å². The van der Waals surface area contributed by atoms with Crippen LogP contribution in [-0.2, 0) is 16.4 Å². The fourth-order valence-corrected chi connectivity index (χ4v) is 3.39. The summed E-state index contributed by atoms with van der Waals surface area (Å²) in [7, 11) is 0.253. The van der Waals surface area contributed by atoms with Crippen LogP contribution in [0.5, 0.6) is 0 Å². The fourth-order valence-electron chi connectivity index (χ4n) is 2.18. The van der Waals surface area contributed by atoms with E-state index in [0.717, 1.165) is 38.6 Å². The van der Waals surface area contributed by atoms with Gasteiger partial charge in [0.15, 0.2) is 0 Å². The second-order valence-corrected chi connectivity index (χ2v) is 7.43. The molecular formula is C16H28N2O2S. The monoisotopic (exact) mass is 312 g/mol. The summed E-state index contributed by atoms with van der Waals surface area (Å²) in [5.41, 5.74) is 1.18. The highest BCUT2D eigenvalue weighted by Crippen LogP contribution is 2.16. The minimum absolute atomic E-state index is 0.388. The van der Waals surface area contributed by atoms with Crippen molar-refractivity contribution in [2.24, 2.45) is 0 Å². The van der Waals surface area contributed by atoms with Crippen LogP contribution in [-0.4, -0.2) is 39.9 Å². The third-order valence-electron chi connectivity index (χ3n) is 3.60. The van der Waals surface area contributed by atoms with E-state index in [9.17, 15) is 8.42 Å². The summed E-state index contributed by atoms with van der Waals surface area (Å²) >= 11 is 0. The van der Waals surface area contributed by atoms with Crippen LogP contribution in [0, 0.1) is 0 Å². The molecule has 120 valence electrons. The Labute approximate surface area is 129 Å². The highest BCUT2D eigenvalue weighted by Gasteiger charge is 2.19. The lowest BCUT2D eigenvalue weighted by atomic mass is 10.1. The van der Waals surface area contributed by atoms with Gasteiger partial charge in [0.25, 0.3) is 0 Å². The molecule has 0 aliphatic heterocycles. The number of benzene rings is 1. The molecule has 0 aliphatic carbocycles. The molecule has 0 saturated heterocycles. The zero-order valence-electron chi connectivity index (χ0n) is 13.4. The molecule has 21 heavy (non-hydrogen) atoms. The van der Waals surface area contributed by atoms with E-state index in [0.29, 0.717) is 11.4 Å². The van der Waals surface area contributed by atoms with Gasteiger partial charge in [0.2, 0.25) is 10.0 Å². The van der Waals surface area contributed by atoms with Crippen LogP contribution in [0.15, 0.2) is 29.2 Å². The zero-order valence-corrected chi connectivity index (χ0v) is 14.2. The van der Waals surface area contributed by atoms with Crippen molar-refractivity contribution in [2.75, 3.05) is 27.2 Å². The molecule has 0 heterocycles. The Morgan fingerprint density at radius 1 is 1.10 bits per heavy atom. The van der Waals surface area contributed by atoms with E-state index < -0.39 is 10.0 Å². The van der Waals surface area contributed by atoms with Crippen LogP contribution < -0.4 is 5.32 Å². The van der Waals surface area contributed by atoms with Crippen LogP contribution in [0.3, 0.4) is 0 Å². The van der Waals surface area contributed by atoms with Gasteiger partial charge in [0.05, 0.1) is 4.90 Å². The van der Waals surface area contributed by atoms with Crippen LogP contribution in [0.4, 0.5) is 0 Å². The number of nitrogens with one attached hydrogen (secondary N) is 1. The molecule has 5 heteroatoms. The predicted octanol–water partition coefficient (Wildman–Crippen LogP) is 2.65. The van der Waals surface area contributed by atoms with Crippen molar-refractivity contribution in [3.05, 3.63) is 29.8 Å². The first-order chi connectivity index (χ1) is 10.0. The highest BCUT2D eigenvalue weighted by molar-refractivity contribution is 7.89. The van der Waals surface area contributed by atoms with E-state index in [-0.39, 0.29) is 0 Å². The lowest BCUT2D eigenvalue weighted by molar-refractivity contribution is 0.454. The molecule has 0 bridgehead atoms. The Kier molecular flexibility index (Phi) is 7.93. The molecule has 0 amide bonds. The maximum atomic E-state index is 12.4. The maximum absolute atomic E-state index is 12.4. The number of aryl methyl sites for hydroxylation is 1. The molecule has 1 aromatic rings. The topological polar surface area (TPSA) is 49.4 Å². The smallest absolute Gasteiger partial charge is 0.242 e. The van der Waals surface area contributed by atoms with Gasteiger partial charge in [-0.15, -0.1) is 0 Å².